The number of aromatic nitrogens is 2. The highest BCUT2D eigenvalue weighted by molar-refractivity contribution is 6.41. The lowest BCUT2D eigenvalue weighted by Gasteiger charge is -2.30. The molecule has 2 aliphatic rings. The molecule has 2 aromatic carbocycles. The average Bonchev–Trinajstić information content (AvgIpc) is 3.79. The number of benzene rings is 2. The van der Waals surface area contributed by atoms with E-state index in [-0.39, 0.29) is 40.5 Å². The number of methoxy groups -OCH3 is 1. The number of fused-ring (bicyclic) bond motifs is 2. The van der Waals surface area contributed by atoms with E-state index in [1.165, 1.54) is 25.3 Å². The van der Waals surface area contributed by atoms with E-state index in [0.29, 0.717) is 52.1 Å². The van der Waals surface area contributed by atoms with Crippen molar-refractivity contribution in [3.63, 3.8) is 0 Å². The minimum Gasteiger partial charge on any atom is -0.494 e. The lowest BCUT2D eigenvalue weighted by atomic mass is 9.81. The summed E-state index contributed by atoms with van der Waals surface area (Å²) in [5.41, 5.74) is 5.29. The Balaban J connectivity index is 1.39. The van der Waals surface area contributed by atoms with Crippen LogP contribution in [0.4, 0.5) is 4.39 Å². The van der Waals surface area contributed by atoms with Crippen LogP contribution in [-0.2, 0) is 15.8 Å². The molecule has 0 saturated heterocycles. The molecule has 4 N–H and O–H groups in total. The van der Waals surface area contributed by atoms with Gasteiger partial charge < -0.3 is 25.6 Å². The fourth-order valence-corrected chi connectivity index (χ4v) is 5.73. The molecule has 12 heteroatoms. The van der Waals surface area contributed by atoms with E-state index in [0.717, 1.165) is 0 Å². The largest absolute Gasteiger partial charge is 0.494 e. The molecule has 1 aliphatic heterocycles. The van der Waals surface area contributed by atoms with Gasteiger partial charge in [-0.15, -0.1) is 0 Å². The third kappa shape index (κ3) is 5.03. The maximum absolute atomic E-state index is 13.8. The zero-order valence-corrected chi connectivity index (χ0v) is 24.7. The lowest BCUT2D eigenvalue weighted by Crippen LogP contribution is -2.44. The Morgan fingerprint density at radius 1 is 1.19 bits per heavy atom. The molecule has 2 amide bonds. The number of hydrogen-bond donors (Lipinski definition) is 3. The molecule has 0 unspecified atom stereocenters. The van der Waals surface area contributed by atoms with Crippen molar-refractivity contribution in [2.45, 2.75) is 30.8 Å². The summed E-state index contributed by atoms with van der Waals surface area (Å²) in [6, 6.07) is 12.0. The van der Waals surface area contributed by atoms with Crippen molar-refractivity contribution in [1.29, 1.82) is 0 Å². The first-order chi connectivity index (χ1) is 20.4. The smallest absolute Gasteiger partial charge is 0.251 e. The van der Waals surface area contributed by atoms with Gasteiger partial charge in [0.05, 0.1) is 24.4 Å². The number of primary amides is 1. The van der Waals surface area contributed by atoms with Gasteiger partial charge in [0, 0.05) is 22.1 Å². The summed E-state index contributed by atoms with van der Waals surface area (Å²) in [5.74, 6) is -1.04. The van der Waals surface area contributed by atoms with Crippen LogP contribution >= 0.6 is 23.2 Å². The van der Waals surface area contributed by atoms with Gasteiger partial charge >= 0.3 is 0 Å². The fraction of sp³-hybridized carbons (Fsp3) is 0.290. The maximum Gasteiger partial charge on any atom is 0.251 e. The quantitative estimate of drug-likeness (QED) is 0.237. The first-order valence-electron chi connectivity index (χ1n) is 13.5. The third-order valence-corrected chi connectivity index (χ3v) is 8.90. The van der Waals surface area contributed by atoms with Crippen LogP contribution in [0.3, 0.4) is 0 Å². The number of rotatable bonds is 8. The summed E-state index contributed by atoms with van der Waals surface area (Å²) in [6.07, 6.45) is 1.41. The molecule has 2 atom stereocenters. The molecule has 6 rings (SSSR count). The van der Waals surface area contributed by atoms with E-state index < -0.39 is 28.6 Å². The van der Waals surface area contributed by atoms with Crippen molar-refractivity contribution >= 4 is 45.9 Å². The maximum atomic E-state index is 13.8. The number of carbonyl (C=O) groups excluding carboxylic acids is 2. The van der Waals surface area contributed by atoms with Crippen LogP contribution in [0.5, 0.6) is 11.5 Å². The van der Waals surface area contributed by atoms with Gasteiger partial charge in [-0.25, -0.2) is 14.4 Å². The standard InChI is InChI=1S/C31H27Cl2FN4O5/c1-30(29(35)40)14-43-26-20(30)12-23(37-25(26)15-3-7-19(34)8-4-15)31(41,18-5-6-18)13-36-28(39)17-9-16-10-21(32)27(33)38-24(16)22(11-17)42-2/h3-4,7-12,18,41H,5-6,13-14H2,1-2H3,(H2,35,40)(H,36,39)/t30-,31+/m0/s1. The van der Waals surface area contributed by atoms with Crippen molar-refractivity contribution in [3.05, 3.63) is 81.3 Å². The predicted octanol–water partition coefficient (Wildman–Crippen LogP) is 4.91. The second kappa shape index (κ2) is 10.6. The molecule has 222 valence electrons. The average molecular weight is 625 g/mol. The number of amides is 2. The van der Waals surface area contributed by atoms with Gasteiger partial charge in [-0.3, -0.25) is 9.59 Å². The van der Waals surface area contributed by atoms with E-state index in [4.69, 9.17) is 43.4 Å². The van der Waals surface area contributed by atoms with Crippen LogP contribution in [0, 0.1) is 11.7 Å². The van der Waals surface area contributed by atoms with E-state index >= 15 is 0 Å². The van der Waals surface area contributed by atoms with Gasteiger partial charge in [0.1, 0.15) is 51.3 Å². The predicted molar refractivity (Wildman–Crippen MR) is 159 cm³/mol. The summed E-state index contributed by atoms with van der Waals surface area (Å²) < 4.78 is 25.1. The molecule has 9 nitrogen and oxygen atoms in total. The summed E-state index contributed by atoms with van der Waals surface area (Å²) >= 11 is 12.2. The van der Waals surface area contributed by atoms with Crippen molar-refractivity contribution in [3.8, 4) is 22.8 Å². The Bertz CT molecular complexity index is 1800. The summed E-state index contributed by atoms with van der Waals surface area (Å²) in [5, 5.41) is 15.9. The van der Waals surface area contributed by atoms with Crippen molar-refractivity contribution in [1.82, 2.24) is 15.3 Å². The second-order valence-electron chi connectivity index (χ2n) is 11.1. The number of nitrogens with one attached hydrogen (secondary N) is 1. The van der Waals surface area contributed by atoms with Crippen molar-refractivity contribution < 1.29 is 28.6 Å². The fourth-order valence-electron chi connectivity index (χ4n) is 5.43. The second-order valence-corrected chi connectivity index (χ2v) is 11.9. The zero-order valence-electron chi connectivity index (χ0n) is 23.2. The van der Waals surface area contributed by atoms with Gasteiger partial charge in [-0.2, -0.15) is 0 Å². The Morgan fingerprint density at radius 3 is 2.56 bits per heavy atom. The number of nitrogens with two attached hydrogens (primary N) is 1. The molecule has 1 saturated carbocycles. The van der Waals surface area contributed by atoms with E-state index in [9.17, 15) is 19.1 Å². The first kappa shape index (κ1) is 29.1. The SMILES string of the molecule is COc1cc(C(=O)NC[C@](O)(c2cc3c(c(-c4ccc(F)cc4)n2)OC[C@]3(C)C(N)=O)C2CC2)cc2cc(Cl)c(Cl)nc12. The van der Waals surface area contributed by atoms with Crippen LogP contribution in [0.2, 0.25) is 10.2 Å². The van der Waals surface area contributed by atoms with Crippen LogP contribution in [0.1, 0.15) is 41.4 Å². The van der Waals surface area contributed by atoms with Crippen LogP contribution in [0.25, 0.3) is 22.2 Å². The number of aliphatic hydroxyl groups is 1. The van der Waals surface area contributed by atoms with Gasteiger partial charge in [0.25, 0.3) is 5.91 Å². The Labute approximate surface area is 256 Å². The molecule has 0 radical (unpaired) electrons. The highest BCUT2D eigenvalue weighted by Gasteiger charge is 2.50. The van der Waals surface area contributed by atoms with Crippen LogP contribution in [0.15, 0.2) is 48.5 Å². The topological polar surface area (TPSA) is 137 Å². The lowest BCUT2D eigenvalue weighted by molar-refractivity contribution is -0.123. The minimum atomic E-state index is -1.60. The first-order valence-corrected chi connectivity index (χ1v) is 14.3. The highest BCUT2D eigenvalue weighted by Crippen LogP contribution is 2.50. The molecular formula is C31H27Cl2FN4O5. The molecule has 1 fully saturated rings. The van der Waals surface area contributed by atoms with Gasteiger partial charge in [-0.1, -0.05) is 23.2 Å². The summed E-state index contributed by atoms with van der Waals surface area (Å²) in [7, 11) is 1.45. The molecular weight excluding hydrogens is 598 g/mol. The van der Waals surface area contributed by atoms with E-state index in [2.05, 4.69) is 10.3 Å². The van der Waals surface area contributed by atoms with Gasteiger partial charge in [0.15, 0.2) is 0 Å². The highest BCUT2D eigenvalue weighted by atomic mass is 35.5. The Kier molecular flexibility index (Phi) is 7.19. The number of halogens is 3. The van der Waals surface area contributed by atoms with Crippen molar-refractivity contribution in [2.75, 3.05) is 20.3 Å². The molecule has 0 spiro atoms. The van der Waals surface area contributed by atoms with Crippen LogP contribution < -0.4 is 20.5 Å². The van der Waals surface area contributed by atoms with Crippen LogP contribution in [-0.4, -0.2) is 47.2 Å². The molecule has 3 heterocycles. The molecule has 1 aliphatic carbocycles. The summed E-state index contributed by atoms with van der Waals surface area (Å²) in [4.78, 5) is 35.0. The molecule has 43 heavy (non-hydrogen) atoms. The van der Waals surface area contributed by atoms with Crippen molar-refractivity contribution in [2.24, 2.45) is 11.7 Å². The number of ether oxygens (including phenoxy) is 2. The molecule has 4 aromatic rings. The van der Waals surface area contributed by atoms with Gasteiger partial charge in [0.2, 0.25) is 5.91 Å². The van der Waals surface area contributed by atoms with Gasteiger partial charge in [-0.05, 0) is 74.2 Å². The third-order valence-electron chi connectivity index (χ3n) is 8.22. The number of carbonyl (C=O) groups is 2. The normalized spacial score (nSPS) is 18.9. The zero-order chi connectivity index (χ0) is 30.7. The van der Waals surface area contributed by atoms with E-state index in [1.807, 2.05) is 0 Å². The number of hydrogen-bond acceptors (Lipinski definition) is 7. The Hall–Kier alpha value is -3.99. The monoisotopic (exact) mass is 624 g/mol. The Morgan fingerprint density at radius 2 is 1.91 bits per heavy atom. The number of nitrogens with zero attached hydrogens (tertiary/aromatic N) is 2. The molecule has 2 aromatic heterocycles. The molecule has 0 bridgehead atoms. The van der Waals surface area contributed by atoms with E-state index in [1.54, 1.807) is 37.3 Å². The number of pyridine rings is 2. The summed E-state index contributed by atoms with van der Waals surface area (Å²) in [6.45, 7) is 1.47. The minimum absolute atomic E-state index is 0.0104.